The van der Waals surface area contributed by atoms with Crippen LogP contribution in [0.3, 0.4) is 0 Å². The van der Waals surface area contributed by atoms with Gasteiger partial charge in [0.15, 0.2) is 0 Å². The number of hydrogen-bond acceptors (Lipinski definition) is 4. The number of hydrogen-bond donors (Lipinski definition) is 1. The van der Waals surface area contributed by atoms with E-state index in [1.165, 1.54) is 36.9 Å². The van der Waals surface area contributed by atoms with Crippen molar-refractivity contribution in [3.8, 4) is 11.1 Å². The van der Waals surface area contributed by atoms with Gasteiger partial charge in [-0.15, -0.1) is 0 Å². The lowest BCUT2D eigenvalue weighted by Crippen LogP contribution is -2.29. The number of piperidine rings is 1. The predicted molar refractivity (Wildman–Crippen MR) is 124 cm³/mol. The third kappa shape index (κ3) is 3.02. The molecule has 0 atom stereocenters. The molecule has 3 heterocycles. The van der Waals surface area contributed by atoms with E-state index >= 15 is 4.39 Å². The summed E-state index contributed by atoms with van der Waals surface area (Å²) in [6.07, 6.45) is 5.61. The Morgan fingerprint density at radius 2 is 1.84 bits per heavy atom. The number of nitrogens with zero attached hydrogens (tertiary/aromatic N) is 2. The molecule has 7 heteroatoms. The van der Waals surface area contributed by atoms with Gasteiger partial charge >= 0.3 is 0 Å². The van der Waals surface area contributed by atoms with Gasteiger partial charge in [-0.25, -0.2) is 4.39 Å². The molecule has 31 heavy (non-hydrogen) atoms. The highest BCUT2D eigenvalue weighted by atomic mass is 32.1. The second-order valence-corrected chi connectivity index (χ2v) is 9.39. The van der Waals surface area contributed by atoms with Crippen molar-refractivity contribution in [3.05, 3.63) is 62.8 Å². The van der Waals surface area contributed by atoms with Crippen molar-refractivity contribution < 1.29 is 4.39 Å². The molecular weight excluding hydrogens is 413 g/mol. The molecule has 1 aliphatic heterocycles. The number of H-pyrrole nitrogens is 1. The van der Waals surface area contributed by atoms with Crippen molar-refractivity contribution in [1.82, 2.24) is 8.94 Å². The third-order valence-corrected chi connectivity index (χ3v) is 7.39. The fraction of sp³-hybridized carbons (Fsp3) is 0.333. The quantitative estimate of drug-likeness (QED) is 0.491. The number of pyridine rings is 1. The van der Waals surface area contributed by atoms with Crippen LogP contribution in [0.5, 0.6) is 0 Å². The summed E-state index contributed by atoms with van der Waals surface area (Å²) in [5.41, 5.74) is 2.32. The Morgan fingerprint density at radius 1 is 1.03 bits per heavy atom. The summed E-state index contributed by atoms with van der Waals surface area (Å²) in [5.74, 6) is -0.436. The Balaban J connectivity index is 1.58. The van der Waals surface area contributed by atoms with Gasteiger partial charge in [0, 0.05) is 35.8 Å². The summed E-state index contributed by atoms with van der Waals surface area (Å²) in [6.45, 7) is 2.05. The van der Waals surface area contributed by atoms with Crippen LogP contribution in [0.2, 0.25) is 0 Å². The first-order valence-corrected chi connectivity index (χ1v) is 11.7. The molecule has 1 N–H and O–H groups in total. The van der Waals surface area contributed by atoms with Crippen molar-refractivity contribution >= 4 is 38.3 Å². The Bertz CT molecular complexity index is 1440. The van der Waals surface area contributed by atoms with Gasteiger partial charge in [-0.2, -0.15) is 0 Å². The summed E-state index contributed by atoms with van der Waals surface area (Å²) in [7, 11) is 0. The molecule has 0 amide bonds. The number of aromatic amines is 1. The number of rotatable bonds is 3. The minimum Gasteiger partial charge on any atom is -0.372 e. The smallest absolute Gasteiger partial charge is 0.271 e. The summed E-state index contributed by atoms with van der Waals surface area (Å²) in [4.78, 5) is 28.3. The van der Waals surface area contributed by atoms with Crippen molar-refractivity contribution in [1.29, 1.82) is 0 Å². The molecule has 0 bridgehead atoms. The molecule has 6 rings (SSSR count). The van der Waals surface area contributed by atoms with Crippen LogP contribution in [0.1, 0.15) is 38.1 Å². The molecule has 1 aliphatic carbocycles. The Labute approximate surface area is 181 Å². The monoisotopic (exact) mass is 435 g/mol. The third-order valence-electron chi connectivity index (χ3n) is 6.51. The Hall–Kier alpha value is -2.93. The minimum absolute atomic E-state index is 0.142. The fourth-order valence-electron chi connectivity index (χ4n) is 4.79. The molecule has 2 aromatic heterocycles. The molecule has 158 valence electrons. The maximum absolute atomic E-state index is 15.3. The fourth-order valence-corrected chi connectivity index (χ4v) is 5.71. The van der Waals surface area contributed by atoms with E-state index in [4.69, 9.17) is 0 Å². The van der Waals surface area contributed by atoms with E-state index in [-0.39, 0.29) is 22.4 Å². The largest absolute Gasteiger partial charge is 0.372 e. The highest BCUT2D eigenvalue weighted by Crippen LogP contribution is 2.41. The van der Waals surface area contributed by atoms with Crippen molar-refractivity contribution in [3.63, 3.8) is 0 Å². The van der Waals surface area contributed by atoms with E-state index in [0.29, 0.717) is 15.9 Å². The van der Waals surface area contributed by atoms with Gasteiger partial charge in [0.2, 0.25) is 5.43 Å². The predicted octanol–water partition coefficient (Wildman–Crippen LogP) is 5.04. The van der Waals surface area contributed by atoms with E-state index in [2.05, 4.69) is 19.9 Å². The number of fused-ring (bicyclic) bond motifs is 2. The van der Waals surface area contributed by atoms with E-state index < -0.39 is 11.2 Å². The van der Waals surface area contributed by atoms with E-state index in [9.17, 15) is 9.59 Å². The number of benzene rings is 2. The van der Waals surface area contributed by atoms with Gasteiger partial charge in [-0.05, 0) is 73.5 Å². The van der Waals surface area contributed by atoms with Gasteiger partial charge in [-0.3, -0.25) is 14.0 Å². The highest BCUT2D eigenvalue weighted by Gasteiger charge is 2.29. The van der Waals surface area contributed by atoms with Crippen molar-refractivity contribution in [2.45, 2.75) is 38.1 Å². The number of aromatic nitrogens is 2. The molecule has 0 radical (unpaired) electrons. The van der Waals surface area contributed by atoms with E-state index in [0.717, 1.165) is 37.2 Å². The molecule has 4 aromatic rings. The molecule has 2 aliphatic rings. The highest BCUT2D eigenvalue weighted by molar-refractivity contribution is 7.12. The lowest BCUT2D eigenvalue weighted by molar-refractivity contribution is 0.578. The molecule has 1 saturated heterocycles. The molecular formula is C24H22FN3O2S. The Morgan fingerprint density at radius 3 is 2.61 bits per heavy atom. The maximum atomic E-state index is 15.3. The van der Waals surface area contributed by atoms with Crippen LogP contribution in [0.25, 0.3) is 32.2 Å². The summed E-state index contributed by atoms with van der Waals surface area (Å²) in [5, 5.41) is 0.417. The summed E-state index contributed by atoms with van der Waals surface area (Å²) in [6, 6.07) is 11.4. The van der Waals surface area contributed by atoms with Gasteiger partial charge in [-0.1, -0.05) is 12.1 Å². The normalized spacial score (nSPS) is 17.0. The van der Waals surface area contributed by atoms with Gasteiger partial charge in [0.05, 0.1) is 5.52 Å². The Kier molecular flexibility index (Phi) is 4.28. The number of halogens is 1. The van der Waals surface area contributed by atoms with Crippen LogP contribution in [0, 0.1) is 5.82 Å². The lowest BCUT2D eigenvalue weighted by Gasteiger charge is -2.29. The second kappa shape index (κ2) is 7.05. The average Bonchev–Trinajstić information content (AvgIpc) is 3.56. The van der Waals surface area contributed by atoms with Crippen LogP contribution in [-0.4, -0.2) is 22.0 Å². The molecule has 2 aromatic carbocycles. The second-order valence-electron chi connectivity index (χ2n) is 8.59. The van der Waals surface area contributed by atoms with Gasteiger partial charge in [0.1, 0.15) is 16.0 Å². The number of nitrogens with one attached hydrogen (secondary N) is 1. The molecule has 2 fully saturated rings. The van der Waals surface area contributed by atoms with Gasteiger partial charge < -0.3 is 9.47 Å². The first-order chi connectivity index (χ1) is 15.1. The number of anilines is 1. The zero-order valence-electron chi connectivity index (χ0n) is 17.0. The minimum atomic E-state index is -0.436. The van der Waals surface area contributed by atoms with Crippen molar-refractivity contribution in [2.75, 3.05) is 18.0 Å². The zero-order valence-corrected chi connectivity index (χ0v) is 17.8. The zero-order chi connectivity index (χ0) is 21.1. The molecule has 5 nitrogen and oxygen atoms in total. The van der Waals surface area contributed by atoms with Crippen LogP contribution in [-0.2, 0) is 0 Å². The average molecular weight is 436 g/mol. The van der Waals surface area contributed by atoms with Crippen LogP contribution >= 0.6 is 11.5 Å². The molecule has 0 unspecified atom stereocenters. The molecule has 1 saturated carbocycles. The lowest BCUT2D eigenvalue weighted by atomic mass is 10.0. The standard InChI is InChI=1S/C24H22FN3O2S/c25-19-12-18-20(28(15-7-8-15)24-21(22(18)29)23(30)26-31-24)13-17(19)14-5-4-6-16(11-14)27-9-2-1-3-10-27/h4-6,11-13,15H,1-3,7-10H2,(H,26,30). The first-order valence-electron chi connectivity index (χ1n) is 10.9. The topological polar surface area (TPSA) is 58.1 Å². The SMILES string of the molecule is O=c1[nH]sc2c1c(=O)c1cc(F)c(-c3cccc(N4CCCCC4)c3)cc1n2C1CC1. The van der Waals surface area contributed by atoms with Crippen LogP contribution in [0.15, 0.2) is 46.0 Å². The van der Waals surface area contributed by atoms with Crippen LogP contribution < -0.4 is 15.9 Å². The van der Waals surface area contributed by atoms with E-state index in [1.54, 1.807) is 6.07 Å². The van der Waals surface area contributed by atoms with Crippen LogP contribution in [0.4, 0.5) is 10.1 Å². The van der Waals surface area contributed by atoms with E-state index in [1.807, 2.05) is 18.2 Å². The molecule has 0 spiro atoms. The summed E-state index contributed by atoms with van der Waals surface area (Å²) < 4.78 is 20.0. The summed E-state index contributed by atoms with van der Waals surface area (Å²) >= 11 is 1.19. The first kappa shape index (κ1) is 18.8. The van der Waals surface area contributed by atoms with Gasteiger partial charge in [0.25, 0.3) is 5.56 Å². The maximum Gasteiger partial charge on any atom is 0.271 e. The van der Waals surface area contributed by atoms with Crippen molar-refractivity contribution in [2.24, 2.45) is 0 Å².